The third-order valence-electron chi connectivity index (χ3n) is 8.63. The summed E-state index contributed by atoms with van der Waals surface area (Å²) in [5, 5.41) is 25.5. The number of hydrogen-bond donors (Lipinski definition) is 4. The van der Waals surface area contributed by atoms with Crippen LogP contribution in [0.25, 0.3) is 0 Å². The molecule has 0 unspecified atom stereocenters. The van der Waals surface area contributed by atoms with Crippen LogP contribution >= 0.6 is 23.2 Å². The second-order valence-electron chi connectivity index (χ2n) is 12.1. The monoisotopic (exact) mass is 719 g/mol. The van der Waals surface area contributed by atoms with Gasteiger partial charge in [0, 0.05) is 25.4 Å². The molecule has 4 aromatic rings. The van der Waals surface area contributed by atoms with E-state index in [1.807, 2.05) is 6.07 Å². The molecule has 50 heavy (non-hydrogen) atoms. The first-order valence-electron chi connectivity index (χ1n) is 15.3. The van der Waals surface area contributed by atoms with Crippen molar-refractivity contribution >= 4 is 58.7 Å². The van der Waals surface area contributed by atoms with Crippen LogP contribution in [0.1, 0.15) is 53.6 Å². The molecule has 4 N–H and O–H groups in total. The number of nitrogens with one attached hydrogen (secondary N) is 3. The summed E-state index contributed by atoms with van der Waals surface area (Å²) in [6.07, 6.45) is 4.09. The molecule has 2 aromatic heterocycles. The van der Waals surface area contributed by atoms with E-state index in [0.29, 0.717) is 29.8 Å². The Labute approximate surface area is 294 Å². The maximum absolute atomic E-state index is 14.4. The molecule has 0 radical (unpaired) electrons. The van der Waals surface area contributed by atoms with Gasteiger partial charge in [-0.1, -0.05) is 35.3 Å². The first kappa shape index (κ1) is 34.3. The average molecular weight is 721 g/mol. The number of rotatable bonds is 11. The van der Waals surface area contributed by atoms with E-state index in [4.69, 9.17) is 28.3 Å². The quantitative estimate of drug-likeness (QED) is 0.164. The second kappa shape index (κ2) is 13.4. The lowest BCUT2D eigenvalue weighted by molar-refractivity contribution is -0.125. The van der Waals surface area contributed by atoms with E-state index < -0.39 is 46.8 Å². The summed E-state index contributed by atoms with van der Waals surface area (Å²) in [4.78, 5) is 67.4. The van der Waals surface area contributed by atoms with Crippen molar-refractivity contribution in [2.75, 3.05) is 11.4 Å². The predicted molar refractivity (Wildman–Crippen MR) is 177 cm³/mol. The van der Waals surface area contributed by atoms with E-state index in [1.54, 1.807) is 49.6 Å². The van der Waals surface area contributed by atoms with Crippen LogP contribution in [0.5, 0.6) is 0 Å². The minimum atomic E-state index is -1.51. The van der Waals surface area contributed by atoms with Crippen LogP contribution in [-0.4, -0.2) is 61.0 Å². The predicted octanol–water partition coefficient (Wildman–Crippen LogP) is 4.19. The van der Waals surface area contributed by atoms with Gasteiger partial charge < -0.3 is 21.1 Å². The maximum atomic E-state index is 14.4. The highest BCUT2D eigenvalue weighted by Gasteiger charge is 2.52. The summed E-state index contributed by atoms with van der Waals surface area (Å²) < 4.78 is 15.8. The molecule has 2 aromatic carbocycles. The Morgan fingerprint density at radius 3 is 2.36 bits per heavy atom. The Balaban J connectivity index is 1.36. The van der Waals surface area contributed by atoms with Gasteiger partial charge in [0.15, 0.2) is 11.6 Å². The fourth-order valence-corrected chi connectivity index (χ4v) is 6.43. The number of carboxylic acid groups (broad SMARTS) is 1. The minimum absolute atomic E-state index is 0.00161. The number of nitriles is 1. The van der Waals surface area contributed by atoms with Crippen LogP contribution in [0, 0.1) is 17.1 Å². The molecule has 17 heteroatoms. The van der Waals surface area contributed by atoms with Gasteiger partial charge in [-0.25, -0.2) is 29.0 Å². The average Bonchev–Trinajstić information content (AvgIpc) is 3.68. The van der Waals surface area contributed by atoms with Gasteiger partial charge in [0.1, 0.15) is 22.8 Å². The fraction of sp³-hybridized carbons (Fsp3) is 0.273. The third kappa shape index (κ3) is 6.42. The molecule has 1 aliphatic heterocycles. The highest BCUT2D eigenvalue weighted by atomic mass is 35.5. The Hall–Kier alpha value is -5.59. The smallest absolute Gasteiger partial charge is 0.404 e. The topological polar surface area (TPSA) is 195 Å². The van der Waals surface area contributed by atoms with Gasteiger partial charge in [-0.2, -0.15) is 5.26 Å². The van der Waals surface area contributed by atoms with Crippen LogP contribution in [0.2, 0.25) is 10.0 Å². The van der Waals surface area contributed by atoms with E-state index in [-0.39, 0.29) is 46.8 Å². The molecule has 1 saturated carbocycles. The number of carbonyl (C=O) groups excluding carboxylic acids is 3. The number of anilines is 2. The van der Waals surface area contributed by atoms with Crippen molar-refractivity contribution in [1.82, 2.24) is 35.5 Å². The molecule has 0 bridgehead atoms. The summed E-state index contributed by atoms with van der Waals surface area (Å²) >= 11 is 12.2. The maximum Gasteiger partial charge on any atom is 0.404 e. The third-order valence-corrected chi connectivity index (χ3v) is 9.18. The second-order valence-corrected chi connectivity index (χ2v) is 12.9. The molecule has 3 heterocycles. The van der Waals surface area contributed by atoms with E-state index in [9.17, 15) is 28.8 Å². The van der Waals surface area contributed by atoms with Gasteiger partial charge in [0.2, 0.25) is 11.9 Å². The van der Waals surface area contributed by atoms with Crippen molar-refractivity contribution < 1.29 is 28.7 Å². The molecule has 2 aliphatic rings. The first-order chi connectivity index (χ1) is 23.9. The Morgan fingerprint density at radius 2 is 1.76 bits per heavy atom. The zero-order valence-electron chi connectivity index (χ0n) is 26.3. The van der Waals surface area contributed by atoms with Crippen LogP contribution in [0.3, 0.4) is 0 Å². The van der Waals surface area contributed by atoms with Crippen molar-refractivity contribution in [3.8, 4) is 6.07 Å². The van der Waals surface area contributed by atoms with Crippen molar-refractivity contribution in [3.05, 3.63) is 99.6 Å². The van der Waals surface area contributed by atoms with Gasteiger partial charge in [-0.15, -0.1) is 0 Å². The number of fused-ring (bicyclic) bond motifs is 1. The summed E-state index contributed by atoms with van der Waals surface area (Å²) in [6, 6.07) is 11.5. The van der Waals surface area contributed by atoms with Crippen LogP contribution in [0.4, 0.5) is 20.8 Å². The van der Waals surface area contributed by atoms with E-state index >= 15 is 0 Å². The number of hydrogen-bond acceptors (Lipinski definition) is 8. The SMILES string of the molecule is C[C@@]1(Cc2ccc(C#N)cc2)C(=O)N(c2cc(Cl)c(F)c(Cl)c2)c2ncc(C(=O)N[C@@H](CCNC(=O)O)C(=O)NC3(c4ncccn4)CC3)n21. The van der Waals surface area contributed by atoms with Crippen LogP contribution in [0.15, 0.2) is 61.1 Å². The molecule has 2 atom stereocenters. The number of benzene rings is 2. The van der Waals surface area contributed by atoms with Crippen molar-refractivity contribution in [1.29, 1.82) is 5.26 Å². The zero-order valence-corrected chi connectivity index (χ0v) is 27.8. The Kier molecular flexibility index (Phi) is 9.17. The molecule has 256 valence electrons. The molecule has 1 aliphatic carbocycles. The number of carbonyl (C=O) groups is 4. The van der Waals surface area contributed by atoms with Gasteiger partial charge in [0.05, 0.1) is 33.6 Å². The minimum Gasteiger partial charge on any atom is -0.465 e. The van der Waals surface area contributed by atoms with Crippen LogP contribution < -0.4 is 20.9 Å². The van der Waals surface area contributed by atoms with Crippen LogP contribution in [-0.2, 0) is 27.1 Å². The number of aromatic nitrogens is 4. The fourth-order valence-electron chi connectivity index (χ4n) is 5.95. The largest absolute Gasteiger partial charge is 0.465 e. The normalized spacial score (nSPS) is 17.7. The molecule has 4 amide bonds. The lowest BCUT2D eigenvalue weighted by Crippen LogP contribution is -2.52. The van der Waals surface area contributed by atoms with Gasteiger partial charge in [0.25, 0.3) is 11.8 Å². The summed E-state index contributed by atoms with van der Waals surface area (Å²) in [5.74, 6) is -2.38. The van der Waals surface area contributed by atoms with E-state index in [1.165, 1.54) is 27.8 Å². The highest BCUT2D eigenvalue weighted by Crippen LogP contribution is 2.45. The van der Waals surface area contributed by atoms with Crippen molar-refractivity contribution in [2.45, 2.75) is 49.7 Å². The molecule has 1 fully saturated rings. The molecule has 0 spiro atoms. The number of imidazole rings is 1. The first-order valence-corrected chi connectivity index (χ1v) is 16.1. The van der Waals surface area contributed by atoms with Gasteiger partial charge in [-0.3, -0.25) is 19.0 Å². The zero-order chi connectivity index (χ0) is 35.8. The molecule has 0 saturated heterocycles. The molecule has 6 rings (SSSR count). The van der Waals surface area contributed by atoms with E-state index in [2.05, 4.69) is 30.9 Å². The molecule has 14 nitrogen and oxygen atoms in total. The van der Waals surface area contributed by atoms with Crippen molar-refractivity contribution in [3.63, 3.8) is 0 Å². The standard InChI is InChI=1S/C33H28Cl2FN9O5/c1-32(15-18-3-5-19(16-37)6-4-18)29(48)44(20-13-21(34)25(36)22(35)14-20)30-41-17-24(45(30)32)27(47)42-23(7-12-40-31(49)50)26(46)43-33(8-9-33)28-38-10-2-11-39-28/h2-6,10-11,13-14,17,23,40H,7-9,12,15H2,1H3,(H,42,47)(H,43,46)(H,49,50)/t23-,32+/m0/s1. The Bertz CT molecular complexity index is 2030. The summed E-state index contributed by atoms with van der Waals surface area (Å²) in [6.45, 7) is 1.43. The molecular weight excluding hydrogens is 692 g/mol. The number of halogens is 3. The lowest BCUT2D eigenvalue weighted by atomic mass is 9.91. The van der Waals surface area contributed by atoms with E-state index in [0.717, 1.165) is 0 Å². The van der Waals surface area contributed by atoms with Crippen molar-refractivity contribution in [2.24, 2.45) is 0 Å². The van der Waals surface area contributed by atoms with Gasteiger partial charge in [-0.05, 0) is 62.1 Å². The number of amides is 4. The molecular formula is C33H28Cl2FN9O5. The summed E-state index contributed by atoms with van der Waals surface area (Å²) in [7, 11) is 0. The lowest BCUT2D eigenvalue weighted by Gasteiger charge is -2.27. The summed E-state index contributed by atoms with van der Waals surface area (Å²) in [5.41, 5.74) is -1.27. The Morgan fingerprint density at radius 1 is 1.10 bits per heavy atom. The number of nitrogens with zero attached hydrogens (tertiary/aromatic N) is 6. The highest BCUT2D eigenvalue weighted by molar-refractivity contribution is 6.35. The van der Waals surface area contributed by atoms with Gasteiger partial charge >= 0.3 is 6.09 Å².